The van der Waals surface area contributed by atoms with Gasteiger partial charge in [0.2, 0.25) is 0 Å². The Hall–Kier alpha value is -1.52. The topological polar surface area (TPSA) is 37.5 Å². The Balaban J connectivity index is 0.00000161. The molecule has 21 heavy (non-hydrogen) atoms. The average Bonchev–Trinajstić information content (AvgIpc) is 2.84. The highest BCUT2D eigenvalue weighted by Gasteiger charge is 2.15. The monoisotopic (exact) mass is 322 g/mol. The molecule has 0 amide bonds. The summed E-state index contributed by atoms with van der Waals surface area (Å²) in [5, 5.41) is 12.4. The molecule has 0 fully saturated rings. The molecule has 1 N–H and O–H groups in total. The maximum atomic E-state index is 10.4. The van der Waals surface area contributed by atoms with Crippen LogP contribution in [0.5, 0.6) is 5.75 Å². The summed E-state index contributed by atoms with van der Waals surface area (Å²) in [6.07, 6.45) is 0. The summed E-state index contributed by atoms with van der Waals surface area (Å²) < 4.78 is 3.38. The Kier molecular flexibility index (Phi) is 4.59. The molecule has 1 aromatic heterocycles. The molecule has 5 heteroatoms. The van der Waals surface area contributed by atoms with Crippen LogP contribution in [0, 0.1) is 6.92 Å². The van der Waals surface area contributed by atoms with Gasteiger partial charge in [-0.25, -0.2) is 0 Å². The molecule has 1 heterocycles. The average molecular weight is 323 g/mol. The quantitative estimate of drug-likeness (QED) is 0.753. The van der Waals surface area contributed by atoms with E-state index in [1.807, 2.05) is 32.0 Å². The van der Waals surface area contributed by atoms with E-state index in [9.17, 15) is 5.11 Å². The van der Waals surface area contributed by atoms with Crippen LogP contribution >= 0.6 is 23.7 Å². The third kappa shape index (κ3) is 2.32. The van der Waals surface area contributed by atoms with Crippen molar-refractivity contribution in [2.45, 2.75) is 27.3 Å². The van der Waals surface area contributed by atoms with Gasteiger partial charge in [0.15, 0.2) is 4.80 Å². The number of hydrogen-bond acceptors (Lipinski definition) is 3. The van der Waals surface area contributed by atoms with Crippen molar-refractivity contribution in [1.29, 1.82) is 0 Å². The van der Waals surface area contributed by atoms with Crippen molar-refractivity contribution in [2.24, 2.45) is 4.99 Å². The highest BCUT2D eigenvalue weighted by molar-refractivity contribution is 7.16. The van der Waals surface area contributed by atoms with Gasteiger partial charge in [0, 0.05) is 29.4 Å². The fourth-order valence-electron chi connectivity index (χ4n) is 2.69. The van der Waals surface area contributed by atoms with Gasteiger partial charge < -0.3 is 9.67 Å². The van der Waals surface area contributed by atoms with E-state index >= 15 is 0 Å². The summed E-state index contributed by atoms with van der Waals surface area (Å²) >= 11 is 1.66. The van der Waals surface area contributed by atoms with Gasteiger partial charge in [-0.05, 0) is 20.8 Å². The van der Waals surface area contributed by atoms with Crippen LogP contribution in [0.3, 0.4) is 0 Å². The van der Waals surface area contributed by atoms with Crippen LogP contribution in [0.1, 0.15) is 19.4 Å². The van der Waals surface area contributed by atoms with Gasteiger partial charge in [-0.2, -0.15) is 0 Å². The smallest absolute Gasteiger partial charge is 0.185 e. The molecule has 3 aromatic rings. The summed E-state index contributed by atoms with van der Waals surface area (Å²) in [4.78, 5) is 5.62. The number of benzene rings is 2. The molecule has 2 aromatic carbocycles. The van der Waals surface area contributed by atoms with Crippen molar-refractivity contribution in [3.05, 3.63) is 34.6 Å². The van der Waals surface area contributed by atoms with Crippen LogP contribution in [0.4, 0.5) is 0 Å². The van der Waals surface area contributed by atoms with E-state index in [4.69, 9.17) is 0 Å². The summed E-state index contributed by atoms with van der Waals surface area (Å²) in [5.41, 5.74) is 2.14. The molecule has 0 bridgehead atoms. The Morgan fingerprint density at radius 2 is 1.86 bits per heavy atom. The molecule has 3 rings (SSSR count). The molecule has 0 unspecified atom stereocenters. The molecule has 0 saturated heterocycles. The van der Waals surface area contributed by atoms with Gasteiger partial charge in [-0.15, -0.1) is 12.4 Å². The van der Waals surface area contributed by atoms with Gasteiger partial charge in [-0.3, -0.25) is 4.99 Å². The molecule has 0 spiro atoms. The lowest BCUT2D eigenvalue weighted by molar-refractivity contribution is 0.478. The zero-order valence-electron chi connectivity index (χ0n) is 12.4. The number of phenols is 1. The number of rotatable bonds is 2. The molecule has 0 atom stereocenters. The van der Waals surface area contributed by atoms with E-state index in [1.165, 1.54) is 5.52 Å². The van der Waals surface area contributed by atoms with Crippen LogP contribution in [0.15, 0.2) is 29.3 Å². The first kappa shape index (κ1) is 15.9. The third-order valence-electron chi connectivity index (χ3n) is 3.65. The van der Waals surface area contributed by atoms with Gasteiger partial charge in [0.25, 0.3) is 0 Å². The summed E-state index contributed by atoms with van der Waals surface area (Å²) in [6, 6.07) is 8.04. The van der Waals surface area contributed by atoms with Crippen LogP contribution < -0.4 is 4.80 Å². The zero-order chi connectivity index (χ0) is 14.3. The molecular formula is C16H19ClN2OS. The van der Waals surface area contributed by atoms with E-state index in [2.05, 4.69) is 22.5 Å². The second-order valence-electron chi connectivity index (χ2n) is 4.80. The fourth-order valence-corrected chi connectivity index (χ4v) is 3.96. The number of fused-ring (bicyclic) bond motifs is 3. The molecule has 0 saturated carbocycles. The minimum atomic E-state index is 0. The lowest BCUT2D eigenvalue weighted by Crippen LogP contribution is -2.13. The molecule has 3 nitrogen and oxygen atoms in total. The van der Waals surface area contributed by atoms with E-state index in [-0.39, 0.29) is 12.4 Å². The van der Waals surface area contributed by atoms with Gasteiger partial charge in [0.1, 0.15) is 5.75 Å². The number of aryl methyl sites for hydroxylation is 2. The Labute approximate surface area is 134 Å². The number of thiazole rings is 1. The predicted molar refractivity (Wildman–Crippen MR) is 92.7 cm³/mol. The maximum absolute atomic E-state index is 10.4. The van der Waals surface area contributed by atoms with E-state index in [1.54, 1.807) is 11.3 Å². The van der Waals surface area contributed by atoms with Crippen molar-refractivity contribution < 1.29 is 5.11 Å². The molecule has 0 radical (unpaired) electrons. The number of halogens is 1. The lowest BCUT2D eigenvalue weighted by Gasteiger charge is -2.09. The van der Waals surface area contributed by atoms with Gasteiger partial charge in [-0.1, -0.05) is 35.6 Å². The lowest BCUT2D eigenvalue weighted by atomic mass is 10.0. The normalized spacial score (nSPS) is 12.0. The first-order chi connectivity index (χ1) is 9.69. The molecule has 112 valence electrons. The number of hydrogen-bond donors (Lipinski definition) is 1. The number of phenolic OH excluding ortho intramolecular Hbond substituents is 1. The first-order valence-corrected chi connectivity index (χ1v) is 7.74. The van der Waals surface area contributed by atoms with Crippen LogP contribution in [-0.2, 0) is 6.54 Å². The highest BCUT2D eigenvalue weighted by atomic mass is 35.5. The van der Waals surface area contributed by atoms with Crippen molar-refractivity contribution in [3.63, 3.8) is 0 Å². The summed E-state index contributed by atoms with van der Waals surface area (Å²) in [5.74, 6) is 0.389. The van der Waals surface area contributed by atoms with E-state index in [0.29, 0.717) is 5.75 Å². The minimum absolute atomic E-state index is 0. The Bertz CT molecular complexity index is 864. The molecular weight excluding hydrogens is 304 g/mol. The Morgan fingerprint density at radius 1 is 1.19 bits per heavy atom. The van der Waals surface area contributed by atoms with E-state index < -0.39 is 0 Å². The number of aromatic nitrogens is 1. The molecule has 0 aliphatic heterocycles. The fraction of sp³-hybridized carbons (Fsp3) is 0.312. The van der Waals surface area contributed by atoms with E-state index in [0.717, 1.165) is 38.9 Å². The van der Waals surface area contributed by atoms with Crippen molar-refractivity contribution in [1.82, 2.24) is 4.57 Å². The molecule has 0 aliphatic carbocycles. The van der Waals surface area contributed by atoms with Crippen LogP contribution in [0.25, 0.3) is 21.0 Å². The standard InChI is InChI=1S/C16H18N2OS.ClH/c1-4-17-16-18(5-2)13-11-8-6-7-9-12(11)14(19)10(3)15(13)20-16;/h6-9,19H,4-5H2,1-3H3;1H. The SMILES string of the molecule is CCN=c1sc2c(C)c(O)c3ccccc3c2n1CC.Cl. The third-order valence-corrected chi connectivity index (χ3v) is 4.89. The van der Waals surface area contributed by atoms with Crippen molar-refractivity contribution in [3.8, 4) is 5.75 Å². The second kappa shape index (κ2) is 6.08. The number of aromatic hydroxyl groups is 1. The van der Waals surface area contributed by atoms with Crippen molar-refractivity contribution in [2.75, 3.05) is 6.54 Å². The molecule has 0 aliphatic rings. The van der Waals surface area contributed by atoms with Gasteiger partial charge in [0.05, 0.1) is 10.2 Å². The maximum Gasteiger partial charge on any atom is 0.185 e. The number of nitrogens with zero attached hydrogens (tertiary/aromatic N) is 2. The largest absolute Gasteiger partial charge is 0.507 e. The van der Waals surface area contributed by atoms with Crippen LogP contribution in [-0.4, -0.2) is 16.2 Å². The second-order valence-corrected chi connectivity index (χ2v) is 5.78. The van der Waals surface area contributed by atoms with Crippen LogP contribution in [0.2, 0.25) is 0 Å². The summed E-state index contributed by atoms with van der Waals surface area (Å²) in [7, 11) is 0. The highest BCUT2D eigenvalue weighted by Crippen LogP contribution is 2.37. The minimum Gasteiger partial charge on any atom is -0.507 e. The van der Waals surface area contributed by atoms with Gasteiger partial charge >= 0.3 is 0 Å². The summed E-state index contributed by atoms with van der Waals surface area (Å²) in [6.45, 7) is 7.82. The first-order valence-electron chi connectivity index (χ1n) is 6.93. The Morgan fingerprint density at radius 3 is 2.48 bits per heavy atom. The predicted octanol–water partition coefficient (Wildman–Crippen LogP) is 4.23. The zero-order valence-corrected chi connectivity index (χ0v) is 14.0. The van der Waals surface area contributed by atoms with Crippen molar-refractivity contribution >= 4 is 44.7 Å².